The lowest BCUT2D eigenvalue weighted by Gasteiger charge is -2.43. The summed E-state index contributed by atoms with van der Waals surface area (Å²) in [6.45, 7) is 2.50. The number of nitrogens with one attached hydrogen (secondary N) is 1. The van der Waals surface area contributed by atoms with Gasteiger partial charge in [-0.3, -0.25) is 4.79 Å². The van der Waals surface area contributed by atoms with Gasteiger partial charge in [0.05, 0.1) is 0 Å². The van der Waals surface area contributed by atoms with Crippen molar-refractivity contribution >= 4 is 21.8 Å². The van der Waals surface area contributed by atoms with Gasteiger partial charge in [-0.25, -0.2) is 9.67 Å². The lowest BCUT2D eigenvalue weighted by Crippen LogP contribution is -2.47. The summed E-state index contributed by atoms with van der Waals surface area (Å²) in [5.41, 5.74) is 1.36. The van der Waals surface area contributed by atoms with Crippen LogP contribution in [0.3, 0.4) is 0 Å². The van der Waals surface area contributed by atoms with Crippen LogP contribution in [0.5, 0.6) is 0 Å². The lowest BCUT2D eigenvalue weighted by atomic mass is 9.64. The average Bonchev–Trinajstić information content (AvgIpc) is 2.99. The molecule has 1 fully saturated rings. The number of carbonyl (C=O) groups excluding carboxylic acids is 1. The first-order valence-electron chi connectivity index (χ1n) is 7.49. The van der Waals surface area contributed by atoms with Crippen LogP contribution in [-0.4, -0.2) is 27.2 Å². The largest absolute Gasteiger partial charge is 0.353 e. The zero-order valence-electron chi connectivity index (χ0n) is 12.5. The van der Waals surface area contributed by atoms with E-state index in [1.807, 2.05) is 13.0 Å². The lowest BCUT2D eigenvalue weighted by molar-refractivity contribution is -0.124. The van der Waals surface area contributed by atoms with Gasteiger partial charge < -0.3 is 5.32 Å². The van der Waals surface area contributed by atoms with Gasteiger partial charge in [-0.05, 0) is 37.5 Å². The van der Waals surface area contributed by atoms with E-state index in [0.717, 1.165) is 17.3 Å². The van der Waals surface area contributed by atoms with Gasteiger partial charge in [-0.2, -0.15) is 5.10 Å². The highest BCUT2D eigenvalue weighted by molar-refractivity contribution is 9.10. The van der Waals surface area contributed by atoms with E-state index in [1.54, 1.807) is 11.0 Å². The first kappa shape index (κ1) is 15.2. The molecule has 2 aromatic rings. The number of halogens is 1. The SMILES string of the molecule is C[C@H](C(=O)NCC1(c2cccc(Br)c2)CCC1)n1cncn1. The molecule has 1 heterocycles. The summed E-state index contributed by atoms with van der Waals surface area (Å²) in [4.78, 5) is 16.2. The minimum absolute atomic E-state index is 0.0215. The smallest absolute Gasteiger partial charge is 0.244 e. The molecule has 3 rings (SSSR count). The quantitative estimate of drug-likeness (QED) is 0.889. The van der Waals surface area contributed by atoms with Gasteiger partial charge >= 0.3 is 0 Å². The van der Waals surface area contributed by atoms with Gasteiger partial charge in [-0.15, -0.1) is 0 Å². The van der Waals surface area contributed by atoms with Crippen molar-refractivity contribution in [3.63, 3.8) is 0 Å². The topological polar surface area (TPSA) is 59.8 Å². The van der Waals surface area contributed by atoms with E-state index in [0.29, 0.717) is 6.54 Å². The van der Waals surface area contributed by atoms with Crippen molar-refractivity contribution in [1.82, 2.24) is 20.1 Å². The maximum absolute atomic E-state index is 12.3. The molecule has 0 unspecified atom stereocenters. The van der Waals surface area contributed by atoms with Crippen LogP contribution in [0.2, 0.25) is 0 Å². The van der Waals surface area contributed by atoms with Crippen LogP contribution in [0.1, 0.15) is 37.8 Å². The van der Waals surface area contributed by atoms with Crippen molar-refractivity contribution in [1.29, 1.82) is 0 Å². The van der Waals surface area contributed by atoms with E-state index in [4.69, 9.17) is 0 Å². The molecule has 5 nitrogen and oxygen atoms in total. The predicted octanol–water partition coefficient (Wildman–Crippen LogP) is 2.84. The Bertz CT molecular complexity index is 652. The van der Waals surface area contributed by atoms with Crippen molar-refractivity contribution in [2.45, 2.75) is 37.6 Å². The van der Waals surface area contributed by atoms with Crippen LogP contribution in [0, 0.1) is 0 Å². The van der Waals surface area contributed by atoms with E-state index in [-0.39, 0.29) is 17.4 Å². The molecular formula is C16H19BrN4O. The Morgan fingerprint density at radius 3 is 2.91 bits per heavy atom. The molecule has 1 aliphatic carbocycles. The molecule has 1 saturated carbocycles. The first-order chi connectivity index (χ1) is 10.6. The second kappa shape index (κ2) is 6.20. The van der Waals surface area contributed by atoms with E-state index in [2.05, 4.69) is 49.5 Å². The fourth-order valence-corrected chi connectivity index (χ4v) is 3.33. The Labute approximate surface area is 138 Å². The summed E-state index contributed by atoms with van der Waals surface area (Å²) in [5, 5.41) is 7.11. The second-order valence-electron chi connectivity index (χ2n) is 5.91. The molecule has 0 spiro atoms. The molecule has 6 heteroatoms. The van der Waals surface area contributed by atoms with Gasteiger partial charge in [0.15, 0.2) is 0 Å². The van der Waals surface area contributed by atoms with Gasteiger partial charge in [0.25, 0.3) is 0 Å². The summed E-state index contributed by atoms with van der Waals surface area (Å²) in [6.07, 6.45) is 6.44. The fraction of sp³-hybridized carbons (Fsp3) is 0.438. The molecular weight excluding hydrogens is 344 g/mol. The Balaban J connectivity index is 1.67. The summed E-state index contributed by atoms with van der Waals surface area (Å²) in [7, 11) is 0. The summed E-state index contributed by atoms with van der Waals surface area (Å²) < 4.78 is 2.65. The van der Waals surface area contributed by atoms with Crippen LogP contribution in [0.15, 0.2) is 41.4 Å². The fourth-order valence-electron chi connectivity index (χ4n) is 2.93. The van der Waals surface area contributed by atoms with Crippen molar-refractivity contribution < 1.29 is 4.79 Å². The van der Waals surface area contributed by atoms with Crippen molar-refractivity contribution in [3.05, 3.63) is 47.0 Å². The predicted molar refractivity (Wildman–Crippen MR) is 87.4 cm³/mol. The van der Waals surface area contributed by atoms with Crippen LogP contribution in [-0.2, 0) is 10.2 Å². The maximum Gasteiger partial charge on any atom is 0.244 e. The maximum atomic E-state index is 12.3. The van der Waals surface area contributed by atoms with Crippen LogP contribution >= 0.6 is 15.9 Å². The molecule has 0 aliphatic heterocycles. The number of hydrogen-bond acceptors (Lipinski definition) is 3. The molecule has 22 heavy (non-hydrogen) atoms. The number of rotatable bonds is 5. The van der Waals surface area contributed by atoms with Crippen molar-refractivity contribution in [2.75, 3.05) is 6.54 Å². The van der Waals surface area contributed by atoms with Crippen LogP contribution in [0.25, 0.3) is 0 Å². The van der Waals surface area contributed by atoms with Gasteiger partial charge in [-0.1, -0.05) is 34.5 Å². The van der Waals surface area contributed by atoms with Gasteiger partial charge in [0.2, 0.25) is 5.91 Å². The number of nitrogens with zero attached hydrogens (tertiary/aromatic N) is 3. The van der Waals surface area contributed by atoms with Crippen LogP contribution < -0.4 is 5.32 Å². The Morgan fingerprint density at radius 1 is 1.50 bits per heavy atom. The minimum atomic E-state index is -0.345. The standard InChI is InChI=1S/C16H19BrN4O/c1-12(21-11-18-10-20-21)15(22)19-9-16(6-3-7-16)13-4-2-5-14(17)8-13/h2,4-5,8,10-12H,3,6-7,9H2,1H3,(H,19,22)/t12-/m1/s1. The number of amides is 1. The zero-order chi connectivity index (χ0) is 15.6. The van der Waals surface area contributed by atoms with Gasteiger partial charge in [0.1, 0.15) is 18.7 Å². The van der Waals surface area contributed by atoms with E-state index < -0.39 is 0 Å². The van der Waals surface area contributed by atoms with E-state index >= 15 is 0 Å². The molecule has 116 valence electrons. The number of hydrogen-bond donors (Lipinski definition) is 1. The van der Waals surface area contributed by atoms with Gasteiger partial charge in [0, 0.05) is 16.4 Å². The number of carbonyl (C=O) groups is 1. The van der Waals surface area contributed by atoms with Crippen molar-refractivity contribution in [2.24, 2.45) is 0 Å². The molecule has 0 bridgehead atoms. The third-order valence-electron chi connectivity index (χ3n) is 4.56. The highest BCUT2D eigenvalue weighted by Crippen LogP contribution is 2.43. The molecule has 1 aromatic heterocycles. The zero-order valence-corrected chi connectivity index (χ0v) is 14.1. The second-order valence-corrected chi connectivity index (χ2v) is 6.83. The summed E-state index contributed by atoms with van der Waals surface area (Å²) in [5.74, 6) is -0.0215. The third kappa shape index (κ3) is 2.92. The monoisotopic (exact) mass is 362 g/mol. The number of aromatic nitrogens is 3. The molecule has 0 saturated heterocycles. The normalized spacial score (nSPS) is 17.5. The van der Waals surface area contributed by atoms with Crippen LogP contribution in [0.4, 0.5) is 0 Å². The first-order valence-corrected chi connectivity index (χ1v) is 8.28. The molecule has 1 N–H and O–H groups in total. The summed E-state index contributed by atoms with van der Waals surface area (Å²) in [6, 6.07) is 8.05. The highest BCUT2D eigenvalue weighted by Gasteiger charge is 2.39. The highest BCUT2D eigenvalue weighted by atomic mass is 79.9. The van der Waals surface area contributed by atoms with E-state index in [1.165, 1.54) is 18.3 Å². The molecule has 1 aromatic carbocycles. The Hall–Kier alpha value is -1.69. The molecule has 0 radical (unpaired) electrons. The van der Waals surface area contributed by atoms with Crippen molar-refractivity contribution in [3.8, 4) is 0 Å². The third-order valence-corrected chi connectivity index (χ3v) is 5.05. The summed E-state index contributed by atoms with van der Waals surface area (Å²) >= 11 is 3.53. The molecule has 1 aliphatic rings. The average molecular weight is 363 g/mol. The Kier molecular flexibility index (Phi) is 4.29. The number of benzene rings is 1. The molecule has 1 atom stereocenters. The minimum Gasteiger partial charge on any atom is -0.353 e. The molecule has 1 amide bonds. The van der Waals surface area contributed by atoms with E-state index in [9.17, 15) is 4.79 Å². The Morgan fingerprint density at radius 2 is 2.32 bits per heavy atom.